The van der Waals surface area contributed by atoms with Crippen molar-refractivity contribution in [2.24, 2.45) is 5.73 Å². The monoisotopic (exact) mass is 289 g/mol. The summed E-state index contributed by atoms with van der Waals surface area (Å²) in [5, 5.41) is 0. The van der Waals surface area contributed by atoms with E-state index in [4.69, 9.17) is 15.2 Å². The van der Waals surface area contributed by atoms with Crippen LogP contribution < -0.4 is 15.2 Å². The van der Waals surface area contributed by atoms with E-state index in [2.05, 4.69) is 0 Å². The zero-order valence-corrected chi connectivity index (χ0v) is 11.5. The fraction of sp³-hybridized carbons (Fsp3) is 0.571. The van der Waals surface area contributed by atoms with Gasteiger partial charge in [-0.1, -0.05) is 0 Å². The van der Waals surface area contributed by atoms with E-state index in [0.717, 1.165) is 5.56 Å². The highest BCUT2D eigenvalue weighted by Crippen LogP contribution is 2.61. The number of benzene rings is 1. The van der Waals surface area contributed by atoms with Gasteiger partial charge < -0.3 is 15.2 Å². The fourth-order valence-electron chi connectivity index (χ4n) is 2.52. The van der Waals surface area contributed by atoms with Crippen LogP contribution in [0, 0.1) is 0 Å². The standard InChI is InChI=1S/C14H18F3NO2/c1-19-11-8-10(13(4-5-13)14(15,16)17)12(20-2)7-9(11)3-6-18/h7-8H,3-6,18H2,1-2H3. The van der Waals surface area contributed by atoms with E-state index in [1.165, 1.54) is 20.3 Å². The number of alkyl halides is 3. The minimum Gasteiger partial charge on any atom is -0.496 e. The number of methoxy groups -OCH3 is 2. The highest BCUT2D eigenvalue weighted by Gasteiger charge is 2.65. The van der Waals surface area contributed by atoms with Crippen LogP contribution in [0.3, 0.4) is 0 Å². The second kappa shape index (κ2) is 5.16. The molecule has 0 heterocycles. The fourth-order valence-corrected chi connectivity index (χ4v) is 2.52. The Hall–Kier alpha value is -1.43. The molecule has 1 saturated carbocycles. The molecule has 0 bridgehead atoms. The van der Waals surface area contributed by atoms with Crippen LogP contribution in [0.25, 0.3) is 0 Å². The van der Waals surface area contributed by atoms with Crippen molar-refractivity contribution in [1.82, 2.24) is 0 Å². The number of halogens is 3. The molecule has 0 aromatic heterocycles. The van der Waals surface area contributed by atoms with Gasteiger partial charge in [-0.05, 0) is 43.5 Å². The first kappa shape index (κ1) is 15.0. The minimum absolute atomic E-state index is 0.0895. The van der Waals surface area contributed by atoms with Gasteiger partial charge >= 0.3 is 6.18 Å². The average molecular weight is 289 g/mol. The molecule has 1 aromatic carbocycles. The zero-order valence-electron chi connectivity index (χ0n) is 11.5. The summed E-state index contributed by atoms with van der Waals surface area (Å²) in [6.45, 7) is 0.392. The van der Waals surface area contributed by atoms with Crippen molar-refractivity contribution in [2.75, 3.05) is 20.8 Å². The van der Waals surface area contributed by atoms with Crippen molar-refractivity contribution in [3.63, 3.8) is 0 Å². The maximum absolute atomic E-state index is 13.3. The summed E-state index contributed by atoms with van der Waals surface area (Å²) in [6, 6.07) is 3.05. The number of nitrogens with two attached hydrogens (primary N) is 1. The van der Waals surface area contributed by atoms with Crippen LogP contribution in [-0.2, 0) is 11.8 Å². The lowest BCUT2D eigenvalue weighted by atomic mass is 9.92. The first-order chi connectivity index (χ1) is 9.39. The van der Waals surface area contributed by atoms with Crippen LogP contribution in [0.2, 0.25) is 0 Å². The van der Waals surface area contributed by atoms with Gasteiger partial charge in [0.15, 0.2) is 0 Å². The maximum atomic E-state index is 13.3. The molecule has 0 radical (unpaired) electrons. The normalized spacial score (nSPS) is 16.9. The van der Waals surface area contributed by atoms with Crippen LogP contribution in [0.5, 0.6) is 11.5 Å². The Morgan fingerprint density at radius 3 is 2.15 bits per heavy atom. The van der Waals surface area contributed by atoms with Crippen molar-refractivity contribution >= 4 is 0 Å². The highest BCUT2D eigenvalue weighted by atomic mass is 19.4. The van der Waals surface area contributed by atoms with Gasteiger partial charge in [0, 0.05) is 5.56 Å². The predicted molar refractivity (Wildman–Crippen MR) is 69.3 cm³/mol. The molecule has 2 N–H and O–H groups in total. The van der Waals surface area contributed by atoms with E-state index >= 15 is 0 Å². The van der Waals surface area contributed by atoms with Crippen molar-refractivity contribution in [2.45, 2.75) is 30.9 Å². The smallest absolute Gasteiger partial charge is 0.398 e. The lowest BCUT2D eigenvalue weighted by molar-refractivity contribution is -0.160. The van der Waals surface area contributed by atoms with E-state index in [9.17, 15) is 13.2 Å². The Labute approximate surface area is 115 Å². The number of hydrogen-bond acceptors (Lipinski definition) is 3. The van der Waals surface area contributed by atoms with Crippen molar-refractivity contribution in [3.05, 3.63) is 23.3 Å². The van der Waals surface area contributed by atoms with Crippen LogP contribution in [-0.4, -0.2) is 26.9 Å². The molecule has 6 heteroatoms. The SMILES string of the molecule is COc1cc(C2(C(F)(F)F)CC2)c(OC)cc1CCN. The molecule has 1 aromatic rings. The summed E-state index contributed by atoms with van der Waals surface area (Å²) in [7, 11) is 2.82. The van der Waals surface area contributed by atoms with Crippen LogP contribution in [0.1, 0.15) is 24.0 Å². The average Bonchev–Trinajstić information content (AvgIpc) is 3.19. The Balaban J connectivity index is 2.53. The summed E-state index contributed by atoms with van der Waals surface area (Å²) in [6.07, 6.45) is -3.57. The van der Waals surface area contributed by atoms with E-state index in [0.29, 0.717) is 18.7 Å². The molecule has 3 nitrogen and oxygen atoms in total. The zero-order chi connectivity index (χ0) is 15.0. The van der Waals surface area contributed by atoms with Gasteiger partial charge in [-0.2, -0.15) is 13.2 Å². The third kappa shape index (κ3) is 2.32. The molecule has 1 aliphatic carbocycles. The molecule has 0 spiro atoms. The molecule has 0 aliphatic heterocycles. The number of ether oxygens (including phenoxy) is 2. The Morgan fingerprint density at radius 2 is 1.75 bits per heavy atom. The molecule has 0 amide bonds. The predicted octanol–water partition coefficient (Wildman–Crippen LogP) is 2.80. The molecule has 20 heavy (non-hydrogen) atoms. The lowest BCUT2D eigenvalue weighted by Gasteiger charge is -2.23. The van der Waals surface area contributed by atoms with Crippen LogP contribution in [0.15, 0.2) is 12.1 Å². The third-order valence-electron chi connectivity index (χ3n) is 3.82. The van der Waals surface area contributed by atoms with Crippen LogP contribution >= 0.6 is 0 Å². The van der Waals surface area contributed by atoms with Crippen LogP contribution in [0.4, 0.5) is 13.2 Å². The van der Waals surface area contributed by atoms with Gasteiger partial charge in [0.25, 0.3) is 0 Å². The van der Waals surface area contributed by atoms with Crippen molar-refractivity contribution in [3.8, 4) is 11.5 Å². The summed E-state index contributed by atoms with van der Waals surface area (Å²) in [5.41, 5.74) is 4.64. The topological polar surface area (TPSA) is 44.5 Å². The molecule has 0 unspecified atom stereocenters. The van der Waals surface area contributed by atoms with Crippen molar-refractivity contribution < 1.29 is 22.6 Å². The van der Waals surface area contributed by atoms with E-state index in [1.54, 1.807) is 6.07 Å². The molecule has 1 aliphatic rings. The molecule has 2 rings (SSSR count). The van der Waals surface area contributed by atoms with Gasteiger partial charge in [-0.25, -0.2) is 0 Å². The molecular weight excluding hydrogens is 271 g/mol. The summed E-state index contributed by atoms with van der Waals surface area (Å²) >= 11 is 0. The largest absolute Gasteiger partial charge is 0.496 e. The molecule has 0 saturated heterocycles. The maximum Gasteiger partial charge on any atom is 0.398 e. The Morgan fingerprint density at radius 1 is 1.15 bits per heavy atom. The summed E-state index contributed by atoms with van der Waals surface area (Å²) < 4.78 is 50.1. The van der Waals surface area contributed by atoms with Gasteiger partial charge in [-0.15, -0.1) is 0 Å². The highest BCUT2D eigenvalue weighted by molar-refractivity contribution is 5.52. The molecule has 0 atom stereocenters. The number of rotatable bonds is 5. The summed E-state index contributed by atoms with van der Waals surface area (Å²) in [4.78, 5) is 0. The summed E-state index contributed by atoms with van der Waals surface area (Å²) in [5.74, 6) is 0.686. The Bertz CT molecular complexity index is 496. The van der Waals surface area contributed by atoms with E-state index in [1.807, 2.05) is 0 Å². The van der Waals surface area contributed by atoms with E-state index < -0.39 is 11.6 Å². The van der Waals surface area contributed by atoms with E-state index in [-0.39, 0.29) is 24.2 Å². The van der Waals surface area contributed by atoms with Gasteiger partial charge in [-0.3, -0.25) is 0 Å². The quantitative estimate of drug-likeness (QED) is 0.906. The Kier molecular flexibility index (Phi) is 3.86. The first-order valence-corrected chi connectivity index (χ1v) is 6.42. The third-order valence-corrected chi connectivity index (χ3v) is 3.82. The molecule has 1 fully saturated rings. The van der Waals surface area contributed by atoms with Gasteiger partial charge in [0.05, 0.1) is 19.6 Å². The second-order valence-corrected chi connectivity index (χ2v) is 4.98. The molecule has 112 valence electrons. The lowest BCUT2D eigenvalue weighted by Crippen LogP contribution is -2.29. The molecular formula is C14H18F3NO2. The second-order valence-electron chi connectivity index (χ2n) is 4.98. The van der Waals surface area contributed by atoms with Gasteiger partial charge in [0.2, 0.25) is 0 Å². The number of hydrogen-bond donors (Lipinski definition) is 1. The minimum atomic E-state index is -4.28. The van der Waals surface area contributed by atoms with Crippen molar-refractivity contribution in [1.29, 1.82) is 0 Å². The van der Waals surface area contributed by atoms with Gasteiger partial charge in [0.1, 0.15) is 11.5 Å². The first-order valence-electron chi connectivity index (χ1n) is 6.42.